The molecule has 0 aliphatic rings. The fraction of sp³-hybridized carbons (Fsp3) is 0. The maximum Gasteiger partial charge on any atom is 0.101 e. The Morgan fingerprint density at radius 1 is 1.56 bits per heavy atom. The van der Waals surface area contributed by atoms with Crippen LogP contribution in [0.2, 0.25) is 0 Å². The largest absolute Gasteiger partial charge is 0.192 e. The van der Waals surface area contributed by atoms with Crippen LogP contribution in [0, 0.1) is 17.1 Å². The summed E-state index contributed by atoms with van der Waals surface area (Å²) in [5.74, 6) is 0. The molecule has 0 aliphatic heterocycles. The molecular formula is C5HI2NS. The van der Waals surface area contributed by atoms with E-state index in [1.54, 1.807) is 11.3 Å². The van der Waals surface area contributed by atoms with Crippen LogP contribution < -0.4 is 0 Å². The van der Waals surface area contributed by atoms with Crippen molar-refractivity contribution >= 4 is 56.5 Å². The quantitative estimate of drug-likeness (QED) is 0.653. The van der Waals surface area contributed by atoms with Gasteiger partial charge in [0.25, 0.3) is 0 Å². The molecule has 9 heavy (non-hydrogen) atoms. The summed E-state index contributed by atoms with van der Waals surface area (Å²) in [5, 5.41) is 8.48. The minimum absolute atomic E-state index is 0.796. The number of thiophene rings is 1. The molecule has 1 heterocycles. The number of nitriles is 1. The molecule has 0 bridgehead atoms. The summed E-state index contributed by atoms with van der Waals surface area (Å²) in [6.45, 7) is 0. The van der Waals surface area contributed by atoms with Crippen molar-refractivity contribution < 1.29 is 0 Å². The van der Waals surface area contributed by atoms with Crippen molar-refractivity contribution in [1.29, 1.82) is 5.26 Å². The first-order valence-corrected chi connectivity index (χ1v) is 5.06. The smallest absolute Gasteiger partial charge is 0.101 e. The summed E-state index contributed by atoms with van der Waals surface area (Å²) in [4.78, 5) is 0. The number of hydrogen-bond donors (Lipinski definition) is 0. The molecule has 1 aromatic rings. The zero-order valence-corrected chi connectivity index (χ0v) is 9.32. The van der Waals surface area contributed by atoms with Crippen LogP contribution in [0.4, 0.5) is 0 Å². The van der Waals surface area contributed by atoms with Crippen molar-refractivity contribution in [3.63, 3.8) is 0 Å². The molecule has 0 unspecified atom stereocenters. The molecular weight excluding hydrogens is 360 g/mol. The Balaban J connectivity index is 3.20. The third-order valence-electron chi connectivity index (χ3n) is 0.777. The molecule has 46 valence electrons. The number of nitrogens with zero attached hydrogens (tertiary/aromatic N) is 1. The lowest BCUT2D eigenvalue weighted by atomic mass is 10.4. The standard InChI is InChI=1S/C5HI2NS/c6-4-1-3(2-8)5(7)9-4/h1H. The van der Waals surface area contributed by atoms with E-state index in [0.717, 1.165) is 8.45 Å². The normalized spacial score (nSPS) is 9.00. The average molecular weight is 361 g/mol. The van der Waals surface area contributed by atoms with E-state index in [4.69, 9.17) is 5.26 Å². The summed E-state index contributed by atoms with van der Waals surface area (Å²) in [6.07, 6.45) is 0. The van der Waals surface area contributed by atoms with Crippen molar-refractivity contribution in [2.45, 2.75) is 0 Å². The van der Waals surface area contributed by atoms with E-state index in [1.807, 2.05) is 6.07 Å². The number of hydrogen-bond acceptors (Lipinski definition) is 2. The van der Waals surface area contributed by atoms with Crippen LogP contribution in [0.5, 0.6) is 0 Å². The summed E-state index contributed by atoms with van der Waals surface area (Å²) < 4.78 is 2.26. The third-order valence-corrected chi connectivity index (χ3v) is 3.70. The second-order valence-electron chi connectivity index (χ2n) is 1.35. The van der Waals surface area contributed by atoms with Gasteiger partial charge in [0.2, 0.25) is 0 Å². The van der Waals surface area contributed by atoms with Gasteiger partial charge in [0.05, 0.1) is 11.3 Å². The van der Waals surface area contributed by atoms with Gasteiger partial charge >= 0.3 is 0 Å². The van der Waals surface area contributed by atoms with Crippen LogP contribution in [-0.2, 0) is 0 Å². The minimum Gasteiger partial charge on any atom is -0.192 e. The first kappa shape index (κ1) is 7.75. The van der Waals surface area contributed by atoms with Gasteiger partial charge in [-0.1, -0.05) is 0 Å². The fourth-order valence-electron chi connectivity index (χ4n) is 0.416. The van der Waals surface area contributed by atoms with Gasteiger partial charge in [-0.15, -0.1) is 11.3 Å². The second kappa shape index (κ2) is 3.16. The van der Waals surface area contributed by atoms with Crippen molar-refractivity contribution in [2.24, 2.45) is 0 Å². The highest BCUT2D eigenvalue weighted by Crippen LogP contribution is 2.24. The van der Waals surface area contributed by atoms with E-state index < -0.39 is 0 Å². The lowest BCUT2D eigenvalue weighted by molar-refractivity contribution is 1.50. The second-order valence-corrected chi connectivity index (χ2v) is 6.11. The van der Waals surface area contributed by atoms with E-state index in [9.17, 15) is 0 Å². The molecule has 0 radical (unpaired) electrons. The molecule has 0 fully saturated rings. The topological polar surface area (TPSA) is 23.8 Å². The molecule has 0 atom stereocenters. The van der Waals surface area contributed by atoms with Crippen molar-refractivity contribution in [2.75, 3.05) is 0 Å². The lowest BCUT2D eigenvalue weighted by Crippen LogP contribution is -1.65. The van der Waals surface area contributed by atoms with Crippen LogP contribution in [0.3, 0.4) is 0 Å². The van der Waals surface area contributed by atoms with E-state index in [1.165, 1.54) is 2.88 Å². The van der Waals surface area contributed by atoms with Gasteiger partial charge in [0, 0.05) is 0 Å². The number of rotatable bonds is 0. The predicted octanol–water partition coefficient (Wildman–Crippen LogP) is 2.83. The van der Waals surface area contributed by atoms with E-state index in [0.29, 0.717) is 0 Å². The molecule has 0 saturated heterocycles. The molecule has 0 aromatic carbocycles. The van der Waals surface area contributed by atoms with Gasteiger partial charge in [-0.3, -0.25) is 0 Å². The summed E-state index contributed by atoms with van der Waals surface area (Å²) in [6, 6.07) is 4.01. The highest BCUT2D eigenvalue weighted by atomic mass is 127. The molecule has 0 spiro atoms. The lowest BCUT2D eigenvalue weighted by Gasteiger charge is -1.74. The molecule has 1 rings (SSSR count). The Morgan fingerprint density at radius 3 is 2.44 bits per heavy atom. The Bertz CT molecular complexity index is 260. The number of halogens is 2. The Labute approximate surface area is 84.4 Å². The van der Waals surface area contributed by atoms with Crippen molar-refractivity contribution in [1.82, 2.24) is 0 Å². The van der Waals surface area contributed by atoms with E-state index in [2.05, 4.69) is 51.3 Å². The summed E-state index contributed by atoms with van der Waals surface area (Å²) >= 11 is 6.03. The average Bonchev–Trinajstić information content (AvgIpc) is 2.10. The molecule has 4 heteroatoms. The predicted molar refractivity (Wildman–Crippen MR) is 54.5 cm³/mol. The zero-order valence-electron chi connectivity index (χ0n) is 4.19. The van der Waals surface area contributed by atoms with Gasteiger partial charge in [0.15, 0.2) is 0 Å². The fourth-order valence-corrected chi connectivity index (χ4v) is 4.20. The van der Waals surface area contributed by atoms with Gasteiger partial charge in [-0.2, -0.15) is 5.26 Å². The Morgan fingerprint density at radius 2 is 2.22 bits per heavy atom. The maximum absolute atomic E-state index is 8.48. The van der Waals surface area contributed by atoms with E-state index in [-0.39, 0.29) is 0 Å². The Hall–Kier alpha value is 0.650. The zero-order chi connectivity index (χ0) is 6.85. The molecule has 1 aromatic heterocycles. The molecule has 0 saturated carbocycles. The minimum atomic E-state index is 0.796. The first-order chi connectivity index (χ1) is 4.24. The highest BCUT2D eigenvalue weighted by Gasteiger charge is 2.01. The van der Waals surface area contributed by atoms with Crippen LogP contribution >= 0.6 is 56.5 Å². The van der Waals surface area contributed by atoms with Crippen LogP contribution in [0.25, 0.3) is 0 Å². The molecule has 0 amide bonds. The Kier molecular flexibility index (Phi) is 2.73. The van der Waals surface area contributed by atoms with Gasteiger partial charge in [-0.05, 0) is 51.2 Å². The maximum atomic E-state index is 8.48. The van der Waals surface area contributed by atoms with Crippen molar-refractivity contribution in [3.8, 4) is 6.07 Å². The molecule has 0 N–H and O–H groups in total. The van der Waals surface area contributed by atoms with Gasteiger partial charge in [0.1, 0.15) is 6.07 Å². The molecule has 0 aliphatic carbocycles. The van der Waals surface area contributed by atoms with Gasteiger partial charge < -0.3 is 0 Å². The van der Waals surface area contributed by atoms with Crippen LogP contribution in [0.15, 0.2) is 6.07 Å². The van der Waals surface area contributed by atoms with Crippen LogP contribution in [0.1, 0.15) is 5.56 Å². The van der Waals surface area contributed by atoms with E-state index >= 15 is 0 Å². The van der Waals surface area contributed by atoms with Crippen LogP contribution in [-0.4, -0.2) is 0 Å². The third kappa shape index (κ3) is 1.78. The highest BCUT2D eigenvalue weighted by molar-refractivity contribution is 14.1. The van der Waals surface area contributed by atoms with Gasteiger partial charge in [-0.25, -0.2) is 0 Å². The molecule has 1 nitrogen and oxygen atoms in total. The summed E-state index contributed by atoms with van der Waals surface area (Å²) in [7, 11) is 0. The monoisotopic (exact) mass is 361 g/mol. The SMILES string of the molecule is N#Cc1cc(I)sc1I. The summed E-state index contributed by atoms with van der Waals surface area (Å²) in [5.41, 5.74) is 0.796. The van der Waals surface area contributed by atoms with Crippen molar-refractivity contribution in [3.05, 3.63) is 17.4 Å². The first-order valence-electron chi connectivity index (χ1n) is 2.09.